The summed E-state index contributed by atoms with van der Waals surface area (Å²) in [5.41, 5.74) is -3.73. The Bertz CT molecular complexity index is 1390. The minimum atomic E-state index is -5.49. The van der Waals surface area contributed by atoms with Crippen molar-refractivity contribution in [2.45, 2.75) is 24.6 Å². The minimum Gasteiger partial charge on any atom is -0.375 e. The van der Waals surface area contributed by atoms with Crippen molar-refractivity contribution in [3.63, 3.8) is 0 Å². The number of hydrogen-bond donors (Lipinski definition) is 4. The molecule has 10 nitrogen and oxygen atoms in total. The van der Waals surface area contributed by atoms with Crippen LogP contribution in [0.15, 0.2) is 47.3 Å². The molecular weight excluding hydrogens is 514 g/mol. The highest BCUT2D eigenvalue weighted by Gasteiger charge is 2.58. The fourth-order valence-electron chi connectivity index (χ4n) is 3.20. The summed E-state index contributed by atoms with van der Waals surface area (Å²) < 4.78 is 87.5. The fraction of sp³-hybridized carbons (Fsp3) is 0.238. The molecule has 0 aliphatic carbocycles. The van der Waals surface area contributed by atoms with Crippen LogP contribution in [-0.2, 0) is 6.54 Å². The van der Waals surface area contributed by atoms with Crippen molar-refractivity contribution < 1.29 is 46.2 Å². The Morgan fingerprint density at radius 3 is 2.46 bits per heavy atom. The van der Waals surface area contributed by atoms with E-state index in [-0.39, 0.29) is 35.0 Å². The summed E-state index contributed by atoms with van der Waals surface area (Å²) in [5.74, 6) is -4.55. The van der Waals surface area contributed by atoms with Crippen LogP contribution in [0.1, 0.15) is 5.56 Å². The summed E-state index contributed by atoms with van der Waals surface area (Å²) in [6, 6.07) is 6.33. The van der Waals surface area contributed by atoms with Gasteiger partial charge in [-0.2, -0.15) is 18.3 Å². The van der Waals surface area contributed by atoms with E-state index in [1.54, 1.807) is 0 Å². The van der Waals surface area contributed by atoms with E-state index in [0.29, 0.717) is 6.20 Å². The molecule has 1 unspecified atom stereocenters. The van der Waals surface area contributed by atoms with E-state index in [0.717, 1.165) is 6.07 Å². The maximum Gasteiger partial charge on any atom is 0.424 e. The largest absolute Gasteiger partial charge is 0.424 e. The quantitative estimate of drug-likeness (QED) is 0.200. The van der Waals surface area contributed by atoms with Crippen LogP contribution in [0.2, 0.25) is 0 Å². The second-order valence-corrected chi connectivity index (χ2v) is 7.71. The first-order valence-corrected chi connectivity index (χ1v) is 10.2. The second-order valence-electron chi connectivity index (χ2n) is 7.71. The zero-order chi connectivity index (χ0) is 27.0. The van der Waals surface area contributed by atoms with Crippen molar-refractivity contribution in [3.8, 4) is 22.9 Å². The minimum absolute atomic E-state index is 0.0638. The molecule has 0 aliphatic rings. The number of halogens is 6. The standard InChI is InChI=1S/C21H16F6N6O4/c22-11-3-1-2-10(16(11)24)8-33-15(13-4-5-37-32-13)6-14(31-33)18-28-7-12(23)17(30-18)29-9-20(36,19(34)35)21(25,26)27/h1-7,19,34-36H,8-9H2,(H,28,29,30). The van der Waals surface area contributed by atoms with E-state index in [2.05, 4.69) is 20.2 Å². The number of hydrogen-bond acceptors (Lipinski definition) is 9. The third-order valence-electron chi connectivity index (χ3n) is 5.25. The zero-order valence-electron chi connectivity index (χ0n) is 18.3. The number of nitrogens with one attached hydrogen (secondary N) is 1. The molecule has 0 bridgehead atoms. The van der Waals surface area contributed by atoms with Crippen LogP contribution in [0, 0.1) is 17.5 Å². The van der Waals surface area contributed by atoms with Crippen LogP contribution in [0.4, 0.5) is 32.2 Å². The highest BCUT2D eigenvalue weighted by Crippen LogP contribution is 2.33. The highest BCUT2D eigenvalue weighted by atomic mass is 19.4. The van der Waals surface area contributed by atoms with Gasteiger partial charge in [-0.25, -0.2) is 23.1 Å². The Morgan fingerprint density at radius 1 is 1.05 bits per heavy atom. The molecule has 0 radical (unpaired) electrons. The van der Waals surface area contributed by atoms with Crippen LogP contribution >= 0.6 is 0 Å². The lowest BCUT2D eigenvalue weighted by molar-refractivity contribution is -0.320. The van der Waals surface area contributed by atoms with Gasteiger partial charge in [0.2, 0.25) is 5.60 Å². The molecule has 0 aliphatic heterocycles. The van der Waals surface area contributed by atoms with Gasteiger partial charge in [-0.3, -0.25) is 4.68 Å². The van der Waals surface area contributed by atoms with Gasteiger partial charge < -0.3 is 25.2 Å². The number of aliphatic hydroxyl groups is 3. The van der Waals surface area contributed by atoms with Crippen molar-refractivity contribution >= 4 is 5.82 Å². The number of anilines is 1. The lowest BCUT2D eigenvalue weighted by atomic mass is 10.0. The Kier molecular flexibility index (Phi) is 6.90. The molecule has 4 aromatic rings. The van der Waals surface area contributed by atoms with Crippen LogP contribution in [-0.4, -0.2) is 64.8 Å². The number of alkyl halides is 3. The summed E-state index contributed by atoms with van der Waals surface area (Å²) >= 11 is 0. The van der Waals surface area contributed by atoms with Crippen LogP contribution in [0.25, 0.3) is 22.9 Å². The molecule has 4 rings (SSSR count). The van der Waals surface area contributed by atoms with Gasteiger partial charge in [0, 0.05) is 11.6 Å². The Balaban J connectivity index is 1.69. The molecule has 0 fully saturated rings. The summed E-state index contributed by atoms with van der Waals surface area (Å²) in [7, 11) is 0. The number of aliphatic hydroxyl groups excluding tert-OH is 1. The molecule has 3 aromatic heterocycles. The fourth-order valence-corrected chi connectivity index (χ4v) is 3.20. The molecule has 0 amide bonds. The third kappa shape index (κ3) is 5.11. The number of nitrogens with zero attached hydrogens (tertiary/aromatic N) is 5. The lowest BCUT2D eigenvalue weighted by Crippen LogP contribution is -2.59. The molecule has 1 aromatic carbocycles. The van der Waals surface area contributed by atoms with E-state index in [9.17, 15) is 31.4 Å². The first kappa shape index (κ1) is 26.1. The van der Waals surface area contributed by atoms with Crippen LogP contribution < -0.4 is 5.32 Å². The van der Waals surface area contributed by atoms with Gasteiger partial charge >= 0.3 is 6.18 Å². The number of aromatic nitrogens is 5. The van der Waals surface area contributed by atoms with Gasteiger partial charge in [-0.05, 0) is 12.1 Å². The Labute approximate surface area is 202 Å². The Morgan fingerprint density at radius 2 is 1.81 bits per heavy atom. The van der Waals surface area contributed by atoms with E-state index < -0.39 is 47.9 Å². The molecule has 0 spiro atoms. The van der Waals surface area contributed by atoms with E-state index in [1.165, 1.54) is 35.2 Å². The van der Waals surface area contributed by atoms with Gasteiger partial charge in [0.1, 0.15) is 17.7 Å². The molecule has 196 valence electrons. The first-order chi connectivity index (χ1) is 17.4. The summed E-state index contributed by atoms with van der Waals surface area (Å²) in [6.45, 7) is -1.86. The summed E-state index contributed by atoms with van der Waals surface area (Å²) in [5, 5.41) is 37.5. The number of rotatable bonds is 8. The predicted octanol–water partition coefficient (Wildman–Crippen LogP) is 2.48. The topological polar surface area (TPSA) is 142 Å². The zero-order valence-corrected chi connectivity index (χ0v) is 18.3. The number of benzene rings is 1. The van der Waals surface area contributed by atoms with E-state index in [4.69, 9.17) is 14.7 Å². The van der Waals surface area contributed by atoms with Gasteiger partial charge in [0.05, 0.1) is 25.0 Å². The second kappa shape index (κ2) is 9.79. The van der Waals surface area contributed by atoms with Gasteiger partial charge in [-0.1, -0.05) is 17.3 Å². The van der Waals surface area contributed by atoms with Crippen LogP contribution in [0.3, 0.4) is 0 Å². The van der Waals surface area contributed by atoms with E-state index >= 15 is 0 Å². The van der Waals surface area contributed by atoms with Crippen molar-refractivity contribution in [2.75, 3.05) is 11.9 Å². The lowest BCUT2D eigenvalue weighted by Gasteiger charge is -2.32. The van der Waals surface area contributed by atoms with Crippen molar-refractivity contribution in [2.24, 2.45) is 0 Å². The predicted molar refractivity (Wildman–Crippen MR) is 112 cm³/mol. The molecule has 37 heavy (non-hydrogen) atoms. The molecule has 4 N–H and O–H groups in total. The van der Waals surface area contributed by atoms with Crippen LogP contribution in [0.5, 0.6) is 0 Å². The summed E-state index contributed by atoms with van der Waals surface area (Å²) in [6.07, 6.45) is -6.89. The third-order valence-corrected chi connectivity index (χ3v) is 5.25. The summed E-state index contributed by atoms with van der Waals surface area (Å²) in [4.78, 5) is 7.52. The van der Waals surface area contributed by atoms with Crippen molar-refractivity contribution in [3.05, 3.63) is 65.8 Å². The molecule has 1 atom stereocenters. The maximum atomic E-state index is 14.2. The first-order valence-electron chi connectivity index (χ1n) is 10.2. The highest BCUT2D eigenvalue weighted by molar-refractivity contribution is 5.63. The Hall–Kier alpha value is -4.02. The smallest absolute Gasteiger partial charge is 0.375 e. The molecule has 3 heterocycles. The maximum absolute atomic E-state index is 14.2. The average Bonchev–Trinajstić information content (AvgIpc) is 3.50. The van der Waals surface area contributed by atoms with Crippen molar-refractivity contribution in [1.29, 1.82) is 0 Å². The average molecular weight is 530 g/mol. The molecular formula is C21H16F6N6O4. The van der Waals surface area contributed by atoms with Gasteiger partial charge in [0.25, 0.3) is 0 Å². The van der Waals surface area contributed by atoms with Gasteiger partial charge in [0.15, 0.2) is 35.4 Å². The van der Waals surface area contributed by atoms with Crippen molar-refractivity contribution in [1.82, 2.24) is 24.9 Å². The van der Waals surface area contributed by atoms with Gasteiger partial charge in [-0.15, -0.1) is 0 Å². The molecule has 0 saturated heterocycles. The SMILES string of the molecule is OC(O)C(O)(CNc1nc(-c2cc(-c3ccon3)n(Cc3cccc(F)c3F)n2)ncc1F)C(F)(F)F. The molecule has 16 heteroatoms. The van der Waals surface area contributed by atoms with E-state index in [1.807, 2.05) is 5.32 Å². The molecule has 0 saturated carbocycles. The monoisotopic (exact) mass is 530 g/mol. The normalized spacial score (nSPS) is 13.7.